The van der Waals surface area contributed by atoms with Crippen LogP contribution in [-0.2, 0) is 5.66 Å². The van der Waals surface area contributed by atoms with Crippen molar-refractivity contribution in [3.8, 4) is 11.1 Å². The molecule has 4 nitrogen and oxygen atoms in total. The third kappa shape index (κ3) is 4.09. The van der Waals surface area contributed by atoms with Crippen molar-refractivity contribution in [1.82, 2.24) is 14.9 Å². The van der Waals surface area contributed by atoms with E-state index in [1.165, 1.54) is 11.1 Å². The van der Waals surface area contributed by atoms with Gasteiger partial charge in [0.25, 0.3) is 5.91 Å². The zero-order chi connectivity index (χ0) is 33.4. The molecule has 5 heteroatoms. The van der Waals surface area contributed by atoms with E-state index in [0.29, 0.717) is 10.6 Å². The second kappa shape index (κ2) is 11.0. The Labute approximate surface area is 294 Å². The first kappa shape index (κ1) is 28.9. The molecule has 2 aromatic heterocycles. The summed E-state index contributed by atoms with van der Waals surface area (Å²) in [4.78, 5) is 17.7. The number of amides is 1. The number of aromatic amines is 1. The maximum absolute atomic E-state index is 13.8. The number of aromatic nitrogens is 2. The maximum Gasteiger partial charge on any atom is 0.254 e. The number of nitrogens with zero attached hydrogens (tertiary/aromatic N) is 1. The van der Waals surface area contributed by atoms with Crippen LogP contribution in [0.4, 0.5) is 0 Å². The van der Waals surface area contributed by atoms with Crippen LogP contribution in [0.3, 0.4) is 0 Å². The van der Waals surface area contributed by atoms with Gasteiger partial charge in [-0.1, -0.05) is 139 Å². The SMILES string of the molecule is O=C1NC2(C=C(c3ccc(Cl)cc3)c3c(-c4c(C(c5ccccc5)c5ccccc5)[nH]c5ccccc45)c4ccccc4n32)c2ccccc21. The minimum absolute atomic E-state index is 0.0700. The molecule has 238 valence electrons. The Hall–Kier alpha value is -6.10. The lowest BCUT2D eigenvalue weighted by molar-refractivity contribution is 0.0937. The Kier molecular flexibility index (Phi) is 6.33. The van der Waals surface area contributed by atoms with Gasteiger partial charge in [-0.15, -0.1) is 0 Å². The molecule has 0 aliphatic carbocycles. The summed E-state index contributed by atoms with van der Waals surface area (Å²) in [6, 6.07) is 54.6. The quantitative estimate of drug-likeness (QED) is 0.189. The number of para-hydroxylation sites is 2. The molecule has 0 saturated carbocycles. The Bertz CT molecular complexity index is 2610. The highest BCUT2D eigenvalue weighted by molar-refractivity contribution is 6.30. The molecular formula is C45H30ClN3O. The summed E-state index contributed by atoms with van der Waals surface area (Å²) in [5.41, 5.74) is 11.7. The number of fused-ring (bicyclic) bond motifs is 7. The normalized spacial score (nSPS) is 16.3. The number of H-pyrrole nitrogens is 1. The number of rotatable bonds is 5. The van der Waals surface area contributed by atoms with Gasteiger partial charge in [0, 0.05) is 60.8 Å². The Morgan fingerprint density at radius 3 is 1.98 bits per heavy atom. The predicted octanol–water partition coefficient (Wildman–Crippen LogP) is 10.5. The van der Waals surface area contributed by atoms with Crippen LogP contribution >= 0.6 is 11.6 Å². The lowest BCUT2D eigenvalue weighted by atomic mass is 9.83. The number of hydrogen-bond donors (Lipinski definition) is 2. The molecule has 0 saturated heterocycles. The van der Waals surface area contributed by atoms with Crippen LogP contribution in [-0.4, -0.2) is 15.5 Å². The average molecular weight is 664 g/mol. The van der Waals surface area contributed by atoms with Crippen molar-refractivity contribution in [3.63, 3.8) is 0 Å². The minimum atomic E-state index is -0.916. The van der Waals surface area contributed by atoms with E-state index in [9.17, 15) is 4.79 Å². The Morgan fingerprint density at radius 2 is 1.24 bits per heavy atom. The van der Waals surface area contributed by atoms with Gasteiger partial charge in [-0.05, 0) is 53.1 Å². The lowest BCUT2D eigenvalue weighted by Crippen LogP contribution is -2.42. The summed E-state index contributed by atoms with van der Waals surface area (Å²) in [5, 5.41) is 6.39. The highest BCUT2D eigenvalue weighted by Gasteiger charge is 2.50. The first-order valence-corrected chi connectivity index (χ1v) is 17.3. The molecule has 10 rings (SSSR count). The summed E-state index contributed by atoms with van der Waals surface area (Å²) in [6.07, 6.45) is 2.24. The molecule has 2 N–H and O–H groups in total. The van der Waals surface area contributed by atoms with Crippen molar-refractivity contribution in [1.29, 1.82) is 0 Å². The summed E-state index contributed by atoms with van der Waals surface area (Å²) in [6.45, 7) is 0. The number of halogens is 1. The van der Waals surface area contributed by atoms with Gasteiger partial charge < -0.3 is 14.9 Å². The molecule has 1 atom stereocenters. The summed E-state index contributed by atoms with van der Waals surface area (Å²) in [7, 11) is 0. The first-order valence-electron chi connectivity index (χ1n) is 16.9. The maximum atomic E-state index is 13.8. The van der Waals surface area contributed by atoms with Gasteiger partial charge in [0.2, 0.25) is 0 Å². The van der Waals surface area contributed by atoms with E-state index >= 15 is 0 Å². The molecule has 1 unspecified atom stereocenters. The Balaban J connectivity index is 1.37. The third-order valence-corrected chi connectivity index (χ3v) is 10.7. The van der Waals surface area contributed by atoms with E-state index in [2.05, 4.69) is 148 Å². The summed E-state index contributed by atoms with van der Waals surface area (Å²) >= 11 is 6.45. The fourth-order valence-corrected chi connectivity index (χ4v) is 8.51. The van der Waals surface area contributed by atoms with Crippen molar-refractivity contribution in [2.24, 2.45) is 0 Å². The van der Waals surface area contributed by atoms with E-state index in [-0.39, 0.29) is 11.8 Å². The van der Waals surface area contributed by atoms with Gasteiger partial charge in [-0.2, -0.15) is 0 Å². The molecule has 0 radical (unpaired) electrons. The topological polar surface area (TPSA) is 49.8 Å². The zero-order valence-corrected chi connectivity index (χ0v) is 27.7. The average Bonchev–Trinajstić information content (AvgIpc) is 3.88. The number of carbonyl (C=O) groups is 1. The third-order valence-electron chi connectivity index (χ3n) is 10.4. The molecule has 1 amide bonds. The monoisotopic (exact) mass is 663 g/mol. The first-order chi connectivity index (χ1) is 24.6. The standard InChI is InChI=1S/C45H30ClN3O/c46-31-25-23-28(24-26-31)35-27-45(36-20-10-7-17-32(36)44(50)48-45)49-38-22-12-9-19-34(38)41(43(35)49)40-33-18-8-11-21-37(33)47-42(40)39(29-13-3-1-4-14-29)30-15-5-2-6-16-30/h1-27,39,47H,(H,48,50). The fourth-order valence-electron chi connectivity index (χ4n) is 8.38. The van der Waals surface area contributed by atoms with Gasteiger partial charge in [0.1, 0.15) is 0 Å². The van der Waals surface area contributed by atoms with Crippen LogP contribution in [0.2, 0.25) is 5.02 Å². The number of hydrogen-bond acceptors (Lipinski definition) is 1. The number of carbonyl (C=O) groups excluding carboxylic acids is 1. The molecule has 2 aliphatic heterocycles. The van der Waals surface area contributed by atoms with Gasteiger partial charge in [0.15, 0.2) is 5.66 Å². The van der Waals surface area contributed by atoms with E-state index in [1.807, 2.05) is 30.3 Å². The molecule has 4 heterocycles. The molecule has 50 heavy (non-hydrogen) atoms. The van der Waals surface area contributed by atoms with Crippen LogP contribution in [0.15, 0.2) is 164 Å². The van der Waals surface area contributed by atoms with Crippen molar-refractivity contribution in [2.45, 2.75) is 11.6 Å². The molecule has 8 aromatic rings. The van der Waals surface area contributed by atoms with Crippen molar-refractivity contribution in [3.05, 3.63) is 208 Å². The van der Waals surface area contributed by atoms with Gasteiger partial charge in [0.05, 0.1) is 11.2 Å². The Morgan fingerprint density at radius 1 is 0.620 bits per heavy atom. The highest BCUT2D eigenvalue weighted by atomic mass is 35.5. The van der Waals surface area contributed by atoms with Crippen LogP contribution in [0.1, 0.15) is 49.9 Å². The predicted molar refractivity (Wildman–Crippen MR) is 203 cm³/mol. The molecular weight excluding hydrogens is 634 g/mol. The molecule has 6 aromatic carbocycles. The van der Waals surface area contributed by atoms with Crippen LogP contribution in [0.5, 0.6) is 0 Å². The van der Waals surface area contributed by atoms with Gasteiger partial charge in [-0.3, -0.25) is 4.79 Å². The van der Waals surface area contributed by atoms with Crippen LogP contribution < -0.4 is 5.32 Å². The van der Waals surface area contributed by atoms with Crippen LogP contribution in [0, 0.1) is 0 Å². The number of nitrogens with one attached hydrogen (secondary N) is 2. The minimum Gasteiger partial charge on any atom is -0.357 e. The smallest absolute Gasteiger partial charge is 0.254 e. The molecule has 0 fully saturated rings. The van der Waals surface area contributed by atoms with E-state index in [1.54, 1.807) is 0 Å². The second-order valence-electron chi connectivity index (χ2n) is 13.1. The van der Waals surface area contributed by atoms with Crippen molar-refractivity contribution in [2.75, 3.05) is 0 Å². The highest BCUT2D eigenvalue weighted by Crippen LogP contribution is 2.54. The second-order valence-corrected chi connectivity index (χ2v) is 13.6. The van der Waals surface area contributed by atoms with Crippen molar-refractivity contribution < 1.29 is 4.79 Å². The lowest BCUT2D eigenvalue weighted by Gasteiger charge is -2.27. The summed E-state index contributed by atoms with van der Waals surface area (Å²) in [5.74, 6) is -0.153. The van der Waals surface area contributed by atoms with Crippen molar-refractivity contribution >= 4 is 44.9 Å². The van der Waals surface area contributed by atoms with E-state index < -0.39 is 5.66 Å². The largest absolute Gasteiger partial charge is 0.357 e. The van der Waals surface area contributed by atoms with Gasteiger partial charge >= 0.3 is 0 Å². The molecule has 2 aliphatic rings. The fraction of sp³-hybridized carbons (Fsp3) is 0.0444. The van der Waals surface area contributed by atoms with E-state index in [0.717, 1.165) is 61.0 Å². The molecule has 1 spiro atoms. The molecule has 0 bridgehead atoms. The number of benzene rings is 6. The summed E-state index contributed by atoms with van der Waals surface area (Å²) < 4.78 is 2.36. The van der Waals surface area contributed by atoms with Gasteiger partial charge in [-0.25, -0.2) is 0 Å². The van der Waals surface area contributed by atoms with E-state index in [4.69, 9.17) is 11.6 Å². The zero-order valence-electron chi connectivity index (χ0n) is 26.9. The van der Waals surface area contributed by atoms with Crippen LogP contribution in [0.25, 0.3) is 38.5 Å².